The van der Waals surface area contributed by atoms with Crippen LogP contribution in [-0.4, -0.2) is 36.2 Å². The minimum absolute atomic E-state index is 0.157. The first-order valence-corrected chi connectivity index (χ1v) is 10.3. The van der Waals surface area contributed by atoms with Gasteiger partial charge in [0, 0.05) is 5.73 Å². The molecule has 0 radical (unpaired) electrons. The van der Waals surface area contributed by atoms with Crippen molar-refractivity contribution in [2.45, 2.75) is 38.3 Å². The zero-order valence-corrected chi connectivity index (χ0v) is 11.4. The zero-order valence-electron chi connectivity index (χ0n) is 8.96. The van der Waals surface area contributed by atoms with Gasteiger partial charge in [-0.15, -0.1) is 0 Å². The van der Waals surface area contributed by atoms with Gasteiger partial charge in [-0.2, -0.15) is 0 Å². The van der Waals surface area contributed by atoms with Crippen molar-refractivity contribution in [3.63, 3.8) is 0 Å². The van der Waals surface area contributed by atoms with Crippen molar-refractivity contribution >= 4 is 23.9 Å². The molecule has 13 heavy (non-hydrogen) atoms. The average molecular weight is 217 g/mol. The van der Waals surface area contributed by atoms with Crippen LogP contribution in [0.4, 0.5) is 0 Å². The fraction of sp³-hybridized carbons (Fsp3) is 0.875. The van der Waals surface area contributed by atoms with E-state index in [9.17, 15) is 4.79 Å². The molecule has 0 aromatic heterocycles. The lowest BCUT2D eigenvalue weighted by Crippen LogP contribution is -2.35. The summed E-state index contributed by atoms with van der Waals surface area (Å²) in [5.74, 6) is 0. The minimum atomic E-state index is -1.41. The molecule has 1 atom stereocenters. The van der Waals surface area contributed by atoms with Gasteiger partial charge in [-0.3, -0.25) is 0 Å². The van der Waals surface area contributed by atoms with E-state index < -0.39 is 8.32 Å². The molecule has 5 heteroatoms. The Kier molecular flexibility index (Phi) is 6.15. The fourth-order valence-electron chi connectivity index (χ4n) is 1.10. The largest absolute Gasteiger partial charge is 0.418 e. The van der Waals surface area contributed by atoms with Gasteiger partial charge >= 0.3 is 0 Å². The van der Waals surface area contributed by atoms with E-state index in [0.717, 1.165) is 6.42 Å². The van der Waals surface area contributed by atoms with E-state index in [-0.39, 0.29) is 9.52 Å². The summed E-state index contributed by atoms with van der Waals surface area (Å²) in [6.07, 6.45) is 2.45. The molecule has 0 rings (SSSR count). The highest BCUT2D eigenvalue weighted by Gasteiger charge is 2.19. The molecule has 0 N–H and O–H groups in total. The molecule has 0 aromatic rings. The van der Waals surface area contributed by atoms with Gasteiger partial charge in [0.15, 0.2) is 8.32 Å². The first-order chi connectivity index (χ1) is 5.99. The Balaban J connectivity index is 3.82. The monoisotopic (exact) mass is 217 g/mol. The molecule has 0 fully saturated rings. The van der Waals surface area contributed by atoms with E-state index in [2.05, 4.69) is 31.2 Å². The zero-order chi connectivity index (χ0) is 10.3. The molecule has 0 aliphatic heterocycles. The second-order valence-corrected chi connectivity index (χ2v) is 10.2. The van der Waals surface area contributed by atoms with Gasteiger partial charge in [0.25, 0.3) is 0 Å². The summed E-state index contributed by atoms with van der Waals surface area (Å²) < 4.78 is 5.94. The number of rotatable bonds is 6. The lowest BCUT2D eigenvalue weighted by molar-refractivity contribution is 0.262. The number of aliphatic imine (C=N–C) groups is 1. The van der Waals surface area contributed by atoms with Crippen molar-refractivity contribution < 1.29 is 9.22 Å². The van der Waals surface area contributed by atoms with Gasteiger partial charge in [0.2, 0.25) is 6.08 Å². The van der Waals surface area contributed by atoms with Crippen LogP contribution in [0.2, 0.25) is 26.2 Å². The number of hydrogen-bond acceptors (Lipinski definition) is 3. The second kappa shape index (κ2) is 6.26. The summed E-state index contributed by atoms with van der Waals surface area (Å²) in [6, 6.07) is 0. The van der Waals surface area contributed by atoms with Crippen molar-refractivity contribution in [1.82, 2.24) is 0 Å². The van der Waals surface area contributed by atoms with Crippen LogP contribution < -0.4 is 0 Å². The molecule has 0 aliphatic rings. The van der Waals surface area contributed by atoms with Gasteiger partial charge in [-0.25, -0.2) is 9.79 Å². The number of hydrogen-bond donors (Lipinski definition) is 0. The SMILES string of the molecule is C[SiH2]C(CCN=C=O)O[Si](C)(C)C. The summed E-state index contributed by atoms with van der Waals surface area (Å²) in [7, 11) is -1.56. The van der Waals surface area contributed by atoms with Crippen LogP contribution in [0.1, 0.15) is 6.42 Å². The highest BCUT2D eigenvalue weighted by atomic mass is 28.4. The molecular weight excluding hydrogens is 198 g/mol. The second-order valence-electron chi connectivity index (χ2n) is 4.02. The standard InChI is InChI=1S/C8H19NO2Si2/c1-12-8(5-6-9-7-10)11-13(2,3)4/h8H,5-6,12H2,1-4H3. The molecule has 1 unspecified atom stereocenters. The average Bonchev–Trinajstić information content (AvgIpc) is 2.01. The van der Waals surface area contributed by atoms with E-state index in [1.165, 1.54) is 0 Å². The molecule has 0 heterocycles. The Bertz CT molecular complexity index is 185. The summed E-state index contributed by atoms with van der Waals surface area (Å²) in [5.41, 5.74) is 0.392. The summed E-state index contributed by atoms with van der Waals surface area (Å²) in [6.45, 7) is 9.36. The van der Waals surface area contributed by atoms with Crippen LogP contribution in [0.5, 0.6) is 0 Å². The van der Waals surface area contributed by atoms with E-state index >= 15 is 0 Å². The number of nitrogens with zero attached hydrogens (tertiary/aromatic N) is 1. The van der Waals surface area contributed by atoms with Gasteiger partial charge in [-0.1, -0.05) is 6.55 Å². The Morgan fingerprint density at radius 3 is 2.54 bits per heavy atom. The molecule has 3 nitrogen and oxygen atoms in total. The quantitative estimate of drug-likeness (QED) is 0.380. The molecule has 76 valence electrons. The van der Waals surface area contributed by atoms with Crippen LogP contribution in [0.3, 0.4) is 0 Å². The Morgan fingerprint density at radius 1 is 1.54 bits per heavy atom. The molecule has 0 bridgehead atoms. The van der Waals surface area contributed by atoms with Crippen LogP contribution in [0.15, 0.2) is 4.99 Å². The normalized spacial score (nSPS) is 14.5. The van der Waals surface area contributed by atoms with Crippen LogP contribution >= 0.6 is 0 Å². The maximum Gasteiger partial charge on any atom is 0.234 e. The highest BCUT2D eigenvalue weighted by molar-refractivity contribution is 6.70. The van der Waals surface area contributed by atoms with Crippen LogP contribution in [0, 0.1) is 0 Å². The van der Waals surface area contributed by atoms with E-state index in [4.69, 9.17) is 4.43 Å². The molecular formula is C8H19NO2Si2. The maximum absolute atomic E-state index is 9.85. The first kappa shape index (κ1) is 12.8. The van der Waals surface area contributed by atoms with Crippen molar-refractivity contribution in [2.75, 3.05) is 6.54 Å². The third kappa shape index (κ3) is 8.11. The summed E-state index contributed by atoms with van der Waals surface area (Å²) >= 11 is 0. The predicted molar refractivity (Wildman–Crippen MR) is 60.2 cm³/mol. The molecule has 0 amide bonds. The highest BCUT2D eigenvalue weighted by Crippen LogP contribution is 2.09. The Hall–Kier alpha value is -0.226. The van der Waals surface area contributed by atoms with Crippen molar-refractivity contribution in [2.24, 2.45) is 4.99 Å². The molecule has 0 aromatic carbocycles. The smallest absolute Gasteiger partial charge is 0.234 e. The molecule has 0 saturated heterocycles. The lowest BCUT2D eigenvalue weighted by atomic mass is 10.5. The van der Waals surface area contributed by atoms with Crippen molar-refractivity contribution in [1.29, 1.82) is 0 Å². The van der Waals surface area contributed by atoms with Gasteiger partial charge in [0.1, 0.15) is 0 Å². The van der Waals surface area contributed by atoms with E-state index in [1.54, 1.807) is 6.08 Å². The molecule has 0 aliphatic carbocycles. The van der Waals surface area contributed by atoms with Crippen LogP contribution in [0.25, 0.3) is 0 Å². The minimum Gasteiger partial charge on any atom is -0.418 e. The Morgan fingerprint density at radius 2 is 2.15 bits per heavy atom. The molecule has 0 saturated carbocycles. The number of isocyanates is 1. The fourth-order valence-corrected chi connectivity index (χ4v) is 4.98. The van der Waals surface area contributed by atoms with Gasteiger partial charge in [0.05, 0.1) is 16.1 Å². The lowest BCUT2D eigenvalue weighted by Gasteiger charge is -2.24. The molecule has 0 spiro atoms. The third-order valence-corrected chi connectivity index (χ3v) is 4.46. The predicted octanol–water partition coefficient (Wildman–Crippen LogP) is 1.11. The topological polar surface area (TPSA) is 38.7 Å². The van der Waals surface area contributed by atoms with Crippen molar-refractivity contribution in [3.05, 3.63) is 0 Å². The van der Waals surface area contributed by atoms with E-state index in [1.807, 2.05) is 0 Å². The first-order valence-electron chi connectivity index (χ1n) is 4.71. The Labute approximate surface area is 83.5 Å². The summed E-state index contributed by atoms with van der Waals surface area (Å²) in [5, 5.41) is 0. The van der Waals surface area contributed by atoms with Crippen LogP contribution in [-0.2, 0) is 9.22 Å². The maximum atomic E-state index is 9.85. The third-order valence-electron chi connectivity index (χ3n) is 1.60. The van der Waals surface area contributed by atoms with Crippen molar-refractivity contribution in [3.8, 4) is 0 Å². The summed E-state index contributed by atoms with van der Waals surface area (Å²) in [4.78, 5) is 13.4. The van der Waals surface area contributed by atoms with Gasteiger partial charge in [-0.05, 0) is 26.1 Å². The van der Waals surface area contributed by atoms with Gasteiger partial charge < -0.3 is 4.43 Å². The van der Waals surface area contributed by atoms with E-state index in [0.29, 0.717) is 12.3 Å². The number of carbonyl (C=O) groups excluding carboxylic acids is 1.